The number of halogens is 2. The summed E-state index contributed by atoms with van der Waals surface area (Å²) in [6, 6.07) is 6.97. The van der Waals surface area contributed by atoms with E-state index in [1.54, 1.807) is 17.0 Å². The number of hydrogen-bond donors (Lipinski definition) is 1. The van der Waals surface area contributed by atoms with Crippen molar-refractivity contribution in [3.8, 4) is 5.75 Å². The van der Waals surface area contributed by atoms with Crippen LogP contribution in [0.4, 0.5) is 26.5 Å². The number of aromatic nitrogens is 3. The van der Waals surface area contributed by atoms with Crippen LogP contribution in [0.1, 0.15) is 33.6 Å². The van der Waals surface area contributed by atoms with Gasteiger partial charge in [-0.1, -0.05) is 11.6 Å². The summed E-state index contributed by atoms with van der Waals surface area (Å²) in [6.45, 7) is 8.33. The van der Waals surface area contributed by atoms with Gasteiger partial charge in [-0.25, -0.2) is 24.1 Å². The van der Waals surface area contributed by atoms with Gasteiger partial charge >= 0.3 is 6.09 Å². The van der Waals surface area contributed by atoms with Gasteiger partial charge in [-0.05, 0) is 63.8 Å². The maximum Gasteiger partial charge on any atom is 0.410 e. The summed E-state index contributed by atoms with van der Waals surface area (Å²) in [5.41, 5.74) is 0.746. The number of fused-ring (bicyclic) bond motifs is 1. The predicted octanol–water partition coefficient (Wildman–Crippen LogP) is 5.41. The number of rotatable bonds is 6. The van der Waals surface area contributed by atoms with E-state index in [0.29, 0.717) is 61.3 Å². The summed E-state index contributed by atoms with van der Waals surface area (Å²) in [4.78, 5) is 29.5. The first-order valence-electron chi connectivity index (χ1n) is 12.4. The fourth-order valence-electron chi connectivity index (χ4n) is 4.00. The van der Waals surface area contributed by atoms with Crippen molar-refractivity contribution in [1.82, 2.24) is 19.9 Å². The second-order valence-corrected chi connectivity index (χ2v) is 10.7. The molecule has 1 saturated carbocycles. The van der Waals surface area contributed by atoms with Gasteiger partial charge in [0, 0.05) is 26.2 Å². The SMILES string of the molecule is CC(C)(C)OC(=O)N1CCN(c2ccc3ncnc(Nc4ccc(OCC5CC5)c(Cl)c4F)c3n2)CC1. The van der Waals surface area contributed by atoms with Gasteiger partial charge in [0.1, 0.15) is 34.0 Å². The number of nitrogens with zero attached hydrogens (tertiary/aromatic N) is 5. The monoisotopic (exact) mass is 528 g/mol. The average Bonchev–Trinajstić information content (AvgIpc) is 3.70. The molecule has 3 heterocycles. The number of nitrogens with one attached hydrogen (secondary N) is 1. The molecule has 1 saturated heterocycles. The summed E-state index contributed by atoms with van der Waals surface area (Å²) in [7, 11) is 0. The molecule has 1 aromatic carbocycles. The summed E-state index contributed by atoms with van der Waals surface area (Å²) >= 11 is 6.25. The van der Waals surface area contributed by atoms with Crippen molar-refractivity contribution in [2.24, 2.45) is 5.92 Å². The molecule has 9 nitrogen and oxygen atoms in total. The minimum absolute atomic E-state index is 0.0690. The van der Waals surface area contributed by atoms with Crippen LogP contribution in [0.15, 0.2) is 30.6 Å². The molecule has 2 aliphatic rings. The number of carbonyl (C=O) groups excluding carboxylic acids is 1. The van der Waals surface area contributed by atoms with E-state index < -0.39 is 11.4 Å². The van der Waals surface area contributed by atoms with Crippen molar-refractivity contribution in [3.05, 3.63) is 41.4 Å². The van der Waals surface area contributed by atoms with Crippen LogP contribution >= 0.6 is 11.6 Å². The van der Waals surface area contributed by atoms with E-state index in [2.05, 4.69) is 20.2 Å². The van der Waals surface area contributed by atoms with Crippen LogP contribution in [-0.2, 0) is 4.74 Å². The van der Waals surface area contributed by atoms with Crippen molar-refractivity contribution in [1.29, 1.82) is 0 Å². The van der Waals surface area contributed by atoms with E-state index in [-0.39, 0.29) is 16.8 Å². The van der Waals surface area contributed by atoms with Crippen LogP contribution in [0.25, 0.3) is 11.0 Å². The highest BCUT2D eigenvalue weighted by Crippen LogP contribution is 2.36. The van der Waals surface area contributed by atoms with Crippen molar-refractivity contribution in [2.45, 2.75) is 39.2 Å². The first kappa shape index (κ1) is 25.3. The van der Waals surface area contributed by atoms with Gasteiger partial charge in [0.05, 0.1) is 17.8 Å². The van der Waals surface area contributed by atoms with E-state index in [1.807, 2.05) is 32.9 Å². The first-order valence-corrected chi connectivity index (χ1v) is 12.8. The Labute approximate surface area is 219 Å². The zero-order valence-electron chi connectivity index (χ0n) is 21.1. The third-order valence-electron chi connectivity index (χ3n) is 6.19. The van der Waals surface area contributed by atoms with Crippen LogP contribution in [0, 0.1) is 11.7 Å². The van der Waals surface area contributed by atoms with Crippen molar-refractivity contribution in [2.75, 3.05) is 43.0 Å². The molecule has 196 valence electrons. The van der Waals surface area contributed by atoms with Gasteiger partial charge in [0.2, 0.25) is 0 Å². The summed E-state index contributed by atoms with van der Waals surface area (Å²) in [6.07, 6.45) is 3.35. The molecule has 11 heteroatoms. The molecule has 1 N–H and O–H groups in total. The van der Waals surface area contributed by atoms with E-state index in [1.165, 1.54) is 6.33 Å². The van der Waals surface area contributed by atoms with Crippen molar-refractivity contribution in [3.63, 3.8) is 0 Å². The Morgan fingerprint density at radius 1 is 1.14 bits per heavy atom. The van der Waals surface area contributed by atoms with Crippen LogP contribution in [-0.4, -0.2) is 64.3 Å². The molecule has 0 spiro atoms. The molecule has 37 heavy (non-hydrogen) atoms. The molecule has 0 radical (unpaired) electrons. The number of carbonyl (C=O) groups is 1. The van der Waals surface area contributed by atoms with Gasteiger partial charge in [-0.2, -0.15) is 0 Å². The highest BCUT2D eigenvalue weighted by molar-refractivity contribution is 6.32. The second-order valence-electron chi connectivity index (χ2n) is 10.3. The van der Waals surface area contributed by atoms with Gasteiger partial charge in [0.15, 0.2) is 11.6 Å². The Hall–Kier alpha value is -3.40. The standard InChI is InChI=1S/C26H30ClFN6O3/c1-26(2,3)37-25(35)34-12-10-33(11-13-34)20-9-7-18-23(32-20)24(30-15-29-18)31-17-6-8-19(21(27)22(17)28)36-14-16-4-5-16/h6-9,15-16H,4-5,10-14H2,1-3H3,(H,29,30,31). The largest absolute Gasteiger partial charge is 0.492 e. The number of piperazine rings is 1. The Morgan fingerprint density at radius 2 is 1.89 bits per heavy atom. The van der Waals surface area contributed by atoms with Crippen molar-refractivity contribution >= 4 is 46.1 Å². The zero-order valence-corrected chi connectivity index (χ0v) is 21.9. The Balaban J connectivity index is 1.32. The minimum atomic E-state index is -0.615. The van der Waals surface area contributed by atoms with E-state index in [9.17, 15) is 4.79 Å². The van der Waals surface area contributed by atoms with Crippen LogP contribution in [0.3, 0.4) is 0 Å². The maximum atomic E-state index is 15.1. The van der Waals surface area contributed by atoms with E-state index in [0.717, 1.165) is 18.7 Å². The number of ether oxygens (including phenoxy) is 2. The number of anilines is 3. The van der Waals surface area contributed by atoms with Crippen LogP contribution in [0.2, 0.25) is 5.02 Å². The molecule has 2 fully saturated rings. The molecular weight excluding hydrogens is 499 g/mol. The molecule has 1 aliphatic carbocycles. The first-order chi connectivity index (χ1) is 17.7. The summed E-state index contributed by atoms with van der Waals surface area (Å²) < 4.78 is 26.2. The molecule has 0 bridgehead atoms. The van der Waals surface area contributed by atoms with Gasteiger partial charge < -0.3 is 24.6 Å². The van der Waals surface area contributed by atoms with Crippen LogP contribution in [0.5, 0.6) is 5.75 Å². The molecule has 0 unspecified atom stereocenters. The highest BCUT2D eigenvalue weighted by atomic mass is 35.5. The maximum absolute atomic E-state index is 15.1. The predicted molar refractivity (Wildman–Crippen MR) is 140 cm³/mol. The Morgan fingerprint density at radius 3 is 2.59 bits per heavy atom. The topological polar surface area (TPSA) is 92.7 Å². The fraction of sp³-hybridized carbons (Fsp3) is 0.462. The number of benzene rings is 1. The summed E-state index contributed by atoms with van der Waals surface area (Å²) in [5, 5.41) is 2.95. The molecular formula is C26H30ClFN6O3. The fourth-order valence-corrected chi connectivity index (χ4v) is 4.22. The van der Waals surface area contributed by atoms with E-state index in [4.69, 9.17) is 26.1 Å². The van der Waals surface area contributed by atoms with Crippen molar-refractivity contribution < 1.29 is 18.7 Å². The summed E-state index contributed by atoms with van der Waals surface area (Å²) in [5.74, 6) is 1.33. The Bertz CT molecular complexity index is 1310. The lowest BCUT2D eigenvalue weighted by molar-refractivity contribution is 0.0240. The molecule has 2 aromatic heterocycles. The lowest BCUT2D eigenvalue weighted by Crippen LogP contribution is -2.50. The quantitative estimate of drug-likeness (QED) is 0.454. The zero-order chi connectivity index (χ0) is 26.2. The number of hydrogen-bond acceptors (Lipinski definition) is 8. The minimum Gasteiger partial charge on any atom is -0.492 e. The van der Waals surface area contributed by atoms with Gasteiger partial charge in [-0.3, -0.25) is 0 Å². The number of amides is 1. The third-order valence-corrected chi connectivity index (χ3v) is 6.55. The molecule has 1 amide bonds. The molecule has 3 aromatic rings. The lowest BCUT2D eigenvalue weighted by Gasteiger charge is -2.36. The van der Waals surface area contributed by atoms with E-state index >= 15 is 4.39 Å². The average molecular weight is 529 g/mol. The molecule has 0 atom stereocenters. The highest BCUT2D eigenvalue weighted by Gasteiger charge is 2.27. The third kappa shape index (κ3) is 5.95. The smallest absolute Gasteiger partial charge is 0.410 e. The Kier molecular flexibility index (Phi) is 6.94. The molecule has 1 aliphatic heterocycles. The molecule has 5 rings (SSSR count). The second kappa shape index (κ2) is 10.2. The number of pyridine rings is 1. The van der Waals surface area contributed by atoms with Gasteiger partial charge in [-0.15, -0.1) is 0 Å². The van der Waals surface area contributed by atoms with Gasteiger partial charge in [0.25, 0.3) is 0 Å². The van der Waals surface area contributed by atoms with Crippen LogP contribution < -0.4 is 15.0 Å². The lowest BCUT2D eigenvalue weighted by atomic mass is 10.2. The normalized spacial score (nSPS) is 16.1.